The molecule has 16 heavy (non-hydrogen) atoms. The third-order valence-corrected chi connectivity index (χ3v) is 2.44. The number of hydrogen-bond donors (Lipinski definition) is 1. The van der Waals surface area contributed by atoms with Crippen molar-refractivity contribution in [1.82, 2.24) is 4.98 Å². The molecule has 0 fully saturated rings. The van der Waals surface area contributed by atoms with Gasteiger partial charge in [0.15, 0.2) is 0 Å². The molecule has 0 spiro atoms. The Balaban J connectivity index is 2.63. The van der Waals surface area contributed by atoms with Crippen LogP contribution in [0.25, 0.3) is 10.9 Å². The number of rotatable bonds is 2. The van der Waals surface area contributed by atoms with Gasteiger partial charge < -0.3 is 5.11 Å². The number of carbonyl (C=O) groups excluding carboxylic acids is 1. The van der Waals surface area contributed by atoms with Crippen molar-refractivity contribution in [2.75, 3.05) is 11.6 Å². The molecule has 1 aromatic heterocycles. The number of hydrogen-bond acceptors (Lipinski definition) is 3. The van der Waals surface area contributed by atoms with Gasteiger partial charge >= 0.3 is 0 Å². The van der Waals surface area contributed by atoms with Gasteiger partial charge in [-0.05, 0) is 24.3 Å². The van der Waals surface area contributed by atoms with Crippen LogP contribution in [0.15, 0.2) is 36.5 Å². The Hall–Kier alpha value is -1.94. The van der Waals surface area contributed by atoms with E-state index in [0.717, 1.165) is 10.9 Å². The molecule has 82 valence electrons. The Morgan fingerprint density at radius 3 is 2.88 bits per heavy atom. The van der Waals surface area contributed by atoms with Gasteiger partial charge in [-0.25, -0.2) is 0 Å². The molecule has 0 aliphatic carbocycles. The molecule has 4 nitrogen and oxygen atoms in total. The number of benzene rings is 1. The van der Waals surface area contributed by atoms with Crippen molar-refractivity contribution < 1.29 is 9.90 Å². The van der Waals surface area contributed by atoms with Crippen molar-refractivity contribution in [2.24, 2.45) is 0 Å². The number of carbonyl (C=O) groups is 1. The van der Waals surface area contributed by atoms with Crippen LogP contribution in [-0.2, 0) is 4.79 Å². The lowest BCUT2D eigenvalue weighted by molar-refractivity contribution is -0.117. The molecule has 0 bridgehead atoms. The van der Waals surface area contributed by atoms with E-state index in [-0.39, 0.29) is 12.6 Å². The summed E-state index contributed by atoms with van der Waals surface area (Å²) in [7, 11) is 0. The summed E-state index contributed by atoms with van der Waals surface area (Å²) in [4.78, 5) is 16.9. The van der Waals surface area contributed by atoms with Crippen LogP contribution in [0.2, 0.25) is 0 Å². The number of anilines is 1. The van der Waals surface area contributed by atoms with Gasteiger partial charge in [0.25, 0.3) is 0 Å². The van der Waals surface area contributed by atoms with Crippen LogP contribution in [0.4, 0.5) is 5.69 Å². The topological polar surface area (TPSA) is 53.4 Å². The summed E-state index contributed by atoms with van der Waals surface area (Å²) in [5.74, 6) is -0.196. The first-order valence-corrected chi connectivity index (χ1v) is 4.96. The zero-order chi connectivity index (χ0) is 11.5. The number of amides is 1. The second-order valence-electron chi connectivity index (χ2n) is 3.44. The normalized spacial score (nSPS) is 10.4. The minimum Gasteiger partial charge on any atom is -0.376 e. The van der Waals surface area contributed by atoms with Crippen molar-refractivity contribution in [3.05, 3.63) is 36.5 Å². The summed E-state index contributed by atoms with van der Waals surface area (Å²) < 4.78 is 0. The summed E-state index contributed by atoms with van der Waals surface area (Å²) in [6.45, 7) is 1.09. The van der Waals surface area contributed by atoms with Crippen LogP contribution in [0.5, 0.6) is 0 Å². The molecule has 1 heterocycles. The third kappa shape index (κ3) is 1.75. The second-order valence-corrected chi connectivity index (χ2v) is 3.44. The first kappa shape index (κ1) is 10.6. The van der Waals surface area contributed by atoms with Crippen LogP contribution in [0, 0.1) is 0 Å². The molecule has 1 amide bonds. The average Bonchev–Trinajstić information content (AvgIpc) is 2.30. The van der Waals surface area contributed by atoms with Crippen LogP contribution < -0.4 is 4.90 Å². The largest absolute Gasteiger partial charge is 0.376 e. The Labute approximate surface area is 93.1 Å². The summed E-state index contributed by atoms with van der Waals surface area (Å²) in [6.07, 6.45) is 1.70. The molecular weight excluding hydrogens is 204 g/mol. The fourth-order valence-corrected chi connectivity index (χ4v) is 1.67. The second kappa shape index (κ2) is 4.28. The first-order chi connectivity index (χ1) is 7.74. The van der Waals surface area contributed by atoms with Crippen LogP contribution >= 0.6 is 0 Å². The van der Waals surface area contributed by atoms with Crippen molar-refractivity contribution in [3.63, 3.8) is 0 Å². The molecule has 2 rings (SSSR count). The fraction of sp³-hybridized carbons (Fsp3) is 0.167. The van der Waals surface area contributed by atoms with Gasteiger partial charge in [-0.1, -0.05) is 6.07 Å². The number of aliphatic hydroxyl groups excluding tert-OH is 1. The molecule has 4 heteroatoms. The monoisotopic (exact) mass is 216 g/mol. The maximum Gasteiger partial charge on any atom is 0.225 e. The Morgan fingerprint density at radius 1 is 1.38 bits per heavy atom. The quantitative estimate of drug-likeness (QED) is 0.775. The standard InChI is InChI=1S/C12H12N2O2/c1-9(16)14(8-15)12-6-2-5-11-10(12)4-3-7-13-11/h2-7,15H,8H2,1H3. The number of nitrogens with zero attached hydrogens (tertiary/aromatic N) is 2. The van der Waals surface area contributed by atoms with Gasteiger partial charge in [0.1, 0.15) is 6.73 Å². The molecule has 0 radical (unpaired) electrons. The molecule has 0 saturated heterocycles. The SMILES string of the molecule is CC(=O)N(CO)c1cccc2ncccc12. The molecule has 2 aromatic rings. The molecule has 0 saturated carbocycles. The maximum atomic E-state index is 11.4. The van der Waals surface area contributed by atoms with E-state index in [9.17, 15) is 9.90 Å². The van der Waals surface area contributed by atoms with Crippen molar-refractivity contribution >= 4 is 22.5 Å². The summed E-state index contributed by atoms with van der Waals surface area (Å²) in [6, 6.07) is 9.16. The number of aromatic nitrogens is 1. The Bertz CT molecular complexity index is 520. The lowest BCUT2D eigenvalue weighted by atomic mass is 10.1. The highest BCUT2D eigenvalue weighted by molar-refractivity contribution is 6.01. The summed E-state index contributed by atoms with van der Waals surface area (Å²) >= 11 is 0. The van der Waals surface area contributed by atoms with Gasteiger partial charge in [0.2, 0.25) is 5.91 Å². The van der Waals surface area contributed by atoms with E-state index in [1.807, 2.05) is 24.3 Å². The van der Waals surface area contributed by atoms with E-state index >= 15 is 0 Å². The molecule has 0 aliphatic rings. The average molecular weight is 216 g/mol. The zero-order valence-electron chi connectivity index (χ0n) is 8.92. The van der Waals surface area contributed by atoms with Gasteiger partial charge in [0, 0.05) is 18.5 Å². The minimum atomic E-state index is -0.330. The van der Waals surface area contributed by atoms with E-state index in [1.165, 1.54) is 11.8 Å². The highest BCUT2D eigenvalue weighted by Crippen LogP contribution is 2.24. The van der Waals surface area contributed by atoms with E-state index in [0.29, 0.717) is 5.69 Å². The van der Waals surface area contributed by atoms with Crippen LogP contribution in [0.1, 0.15) is 6.92 Å². The summed E-state index contributed by atoms with van der Waals surface area (Å²) in [5.41, 5.74) is 1.49. The predicted octanol–water partition coefficient (Wildman–Crippen LogP) is 1.54. The van der Waals surface area contributed by atoms with Crippen LogP contribution in [0.3, 0.4) is 0 Å². The molecule has 0 atom stereocenters. The highest BCUT2D eigenvalue weighted by atomic mass is 16.3. The molecule has 0 aliphatic heterocycles. The molecule has 0 unspecified atom stereocenters. The van der Waals surface area contributed by atoms with E-state index < -0.39 is 0 Å². The smallest absolute Gasteiger partial charge is 0.225 e. The van der Waals surface area contributed by atoms with Crippen molar-refractivity contribution in [2.45, 2.75) is 6.92 Å². The Kier molecular flexibility index (Phi) is 2.83. The Morgan fingerprint density at radius 2 is 2.19 bits per heavy atom. The molecular formula is C12H12N2O2. The fourth-order valence-electron chi connectivity index (χ4n) is 1.67. The maximum absolute atomic E-state index is 11.4. The van der Waals surface area contributed by atoms with E-state index in [1.54, 1.807) is 12.3 Å². The van der Waals surface area contributed by atoms with Gasteiger partial charge in [-0.2, -0.15) is 0 Å². The number of fused-ring (bicyclic) bond motifs is 1. The van der Waals surface area contributed by atoms with Gasteiger partial charge in [0.05, 0.1) is 11.2 Å². The predicted molar refractivity (Wildman–Crippen MR) is 62.0 cm³/mol. The lowest BCUT2D eigenvalue weighted by Crippen LogP contribution is -2.29. The lowest BCUT2D eigenvalue weighted by Gasteiger charge is -2.19. The van der Waals surface area contributed by atoms with Gasteiger partial charge in [-0.15, -0.1) is 0 Å². The zero-order valence-corrected chi connectivity index (χ0v) is 8.92. The van der Waals surface area contributed by atoms with Crippen molar-refractivity contribution in [1.29, 1.82) is 0 Å². The van der Waals surface area contributed by atoms with E-state index in [2.05, 4.69) is 4.98 Å². The molecule has 1 aromatic carbocycles. The third-order valence-electron chi connectivity index (χ3n) is 2.44. The number of pyridine rings is 1. The van der Waals surface area contributed by atoms with Crippen LogP contribution in [-0.4, -0.2) is 22.7 Å². The summed E-state index contributed by atoms with van der Waals surface area (Å²) in [5, 5.41) is 10.0. The van der Waals surface area contributed by atoms with Gasteiger partial charge in [-0.3, -0.25) is 14.7 Å². The highest BCUT2D eigenvalue weighted by Gasteiger charge is 2.12. The molecule has 1 N–H and O–H groups in total. The minimum absolute atomic E-state index is 0.196. The van der Waals surface area contributed by atoms with Crippen molar-refractivity contribution in [3.8, 4) is 0 Å². The first-order valence-electron chi connectivity index (χ1n) is 4.96. The van der Waals surface area contributed by atoms with E-state index in [4.69, 9.17) is 0 Å². The number of aliphatic hydroxyl groups is 1.